The van der Waals surface area contributed by atoms with Crippen LogP contribution in [0.15, 0.2) is 40.1 Å². The van der Waals surface area contributed by atoms with Crippen molar-refractivity contribution < 1.29 is 18.3 Å². The van der Waals surface area contributed by atoms with Crippen LogP contribution >= 0.6 is 11.3 Å². The zero-order chi connectivity index (χ0) is 13.2. The number of carbonyl (C=O) groups is 1. The highest BCUT2D eigenvalue weighted by Crippen LogP contribution is 2.20. The number of carboxylic acid groups (broad SMARTS) is 1. The van der Waals surface area contributed by atoms with Gasteiger partial charge in [0.25, 0.3) is 0 Å². The molecule has 0 saturated carbocycles. The average molecular weight is 283 g/mol. The van der Waals surface area contributed by atoms with Crippen molar-refractivity contribution >= 4 is 27.1 Å². The molecule has 0 aliphatic carbocycles. The Bertz CT molecular complexity index is 645. The minimum Gasteiger partial charge on any atom is -0.478 e. The number of hydrogen-bond acceptors (Lipinski definition) is 5. The van der Waals surface area contributed by atoms with E-state index in [2.05, 4.69) is 4.98 Å². The third-order valence-electron chi connectivity index (χ3n) is 2.21. The number of thiophene rings is 1. The molecular formula is C11H9NO4S2. The molecule has 0 spiro atoms. The first-order valence-corrected chi connectivity index (χ1v) is 7.47. The van der Waals surface area contributed by atoms with Gasteiger partial charge in [-0.05, 0) is 23.6 Å². The van der Waals surface area contributed by atoms with Crippen LogP contribution in [-0.4, -0.2) is 24.5 Å². The molecule has 94 valence electrons. The molecule has 0 aliphatic rings. The lowest BCUT2D eigenvalue weighted by Crippen LogP contribution is -2.05. The molecule has 0 fully saturated rings. The van der Waals surface area contributed by atoms with Gasteiger partial charge in [-0.3, -0.25) is 4.98 Å². The molecule has 0 atom stereocenters. The number of aromatic nitrogens is 1. The third-order valence-corrected chi connectivity index (χ3v) is 5.35. The van der Waals surface area contributed by atoms with Gasteiger partial charge in [0.1, 0.15) is 4.21 Å². The van der Waals surface area contributed by atoms with Crippen LogP contribution in [0.3, 0.4) is 0 Å². The molecule has 0 aliphatic heterocycles. The molecule has 0 aromatic carbocycles. The maximum Gasteiger partial charge on any atom is 0.337 e. The quantitative estimate of drug-likeness (QED) is 0.925. The van der Waals surface area contributed by atoms with E-state index in [9.17, 15) is 13.2 Å². The SMILES string of the molecule is O=C(O)c1ccc(CS(=O)(=O)c2cccs2)nc1. The van der Waals surface area contributed by atoms with Crippen LogP contribution in [0.4, 0.5) is 0 Å². The second kappa shape index (κ2) is 4.87. The van der Waals surface area contributed by atoms with Crippen LogP contribution in [0.1, 0.15) is 16.1 Å². The van der Waals surface area contributed by atoms with Gasteiger partial charge in [-0.1, -0.05) is 6.07 Å². The van der Waals surface area contributed by atoms with Crippen LogP contribution in [-0.2, 0) is 15.6 Å². The van der Waals surface area contributed by atoms with Crippen LogP contribution < -0.4 is 0 Å². The molecule has 7 heteroatoms. The highest BCUT2D eigenvalue weighted by atomic mass is 32.2. The minimum absolute atomic E-state index is 0.0345. The summed E-state index contributed by atoms with van der Waals surface area (Å²) >= 11 is 1.15. The average Bonchev–Trinajstić information content (AvgIpc) is 2.83. The summed E-state index contributed by atoms with van der Waals surface area (Å²) in [6.07, 6.45) is 1.15. The predicted octanol–water partition coefficient (Wildman–Crippen LogP) is 1.82. The van der Waals surface area contributed by atoms with E-state index in [-0.39, 0.29) is 15.5 Å². The van der Waals surface area contributed by atoms with Crippen LogP contribution in [0, 0.1) is 0 Å². The number of carboxylic acids is 1. The van der Waals surface area contributed by atoms with Gasteiger partial charge in [0.15, 0.2) is 9.84 Å². The van der Waals surface area contributed by atoms with Crippen molar-refractivity contribution in [1.29, 1.82) is 0 Å². The standard InChI is InChI=1S/C11H9NO4S2/c13-11(14)8-3-4-9(12-6-8)7-18(15,16)10-2-1-5-17-10/h1-6H,7H2,(H,13,14). The summed E-state index contributed by atoms with van der Waals surface area (Å²) in [5, 5.41) is 10.4. The fourth-order valence-electron chi connectivity index (χ4n) is 1.34. The zero-order valence-corrected chi connectivity index (χ0v) is 10.7. The topological polar surface area (TPSA) is 84.3 Å². The minimum atomic E-state index is -3.39. The van der Waals surface area contributed by atoms with Crippen molar-refractivity contribution in [2.75, 3.05) is 0 Å². The van der Waals surface area contributed by atoms with Crippen molar-refractivity contribution in [3.8, 4) is 0 Å². The number of pyridine rings is 1. The van der Waals surface area contributed by atoms with Gasteiger partial charge < -0.3 is 5.11 Å². The van der Waals surface area contributed by atoms with Gasteiger partial charge in [-0.25, -0.2) is 13.2 Å². The van der Waals surface area contributed by atoms with Crippen molar-refractivity contribution in [3.05, 3.63) is 47.1 Å². The first kappa shape index (κ1) is 12.7. The summed E-state index contributed by atoms with van der Waals surface area (Å²) in [5.41, 5.74) is 0.362. The molecule has 0 bridgehead atoms. The maximum atomic E-state index is 11.9. The van der Waals surface area contributed by atoms with E-state index in [1.165, 1.54) is 18.2 Å². The molecule has 2 rings (SSSR count). The van der Waals surface area contributed by atoms with E-state index >= 15 is 0 Å². The Morgan fingerprint density at radius 2 is 2.11 bits per heavy atom. The van der Waals surface area contributed by atoms with E-state index in [1.54, 1.807) is 11.4 Å². The molecule has 0 saturated heterocycles. The summed E-state index contributed by atoms with van der Waals surface area (Å²) < 4.78 is 24.2. The number of nitrogens with zero attached hydrogens (tertiary/aromatic N) is 1. The molecular weight excluding hydrogens is 274 g/mol. The lowest BCUT2D eigenvalue weighted by atomic mass is 10.2. The van der Waals surface area contributed by atoms with Crippen molar-refractivity contribution in [3.63, 3.8) is 0 Å². The second-order valence-electron chi connectivity index (χ2n) is 3.53. The Labute approximate surface area is 108 Å². The lowest BCUT2D eigenvalue weighted by molar-refractivity contribution is 0.0696. The van der Waals surface area contributed by atoms with Gasteiger partial charge in [0.05, 0.1) is 17.0 Å². The van der Waals surface area contributed by atoms with Crippen molar-refractivity contribution in [2.24, 2.45) is 0 Å². The molecule has 18 heavy (non-hydrogen) atoms. The van der Waals surface area contributed by atoms with Gasteiger partial charge >= 0.3 is 5.97 Å². The molecule has 2 aromatic heterocycles. The van der Waals surface area contributed by atoms with E-state index < -0.39 is 15.8 Å². The highest BCUT2D eigenvalue weighted by molar-refractivity contribution is 7.92. The third kappa shape index (κ3) is 2.74. The first-order valence-electron chi connectivity index (χ1n) is 4.93. The molecule has 0 amide bonds. The molecule has 1 N–H and O–H groups in total. The van der Waals surface area contributed by atoms with Crippen LogP contribution in [0.5, 0.6) is 0 Å². The largest absolute Gasteiger partial charge is 0.478 e. The number of sulfone groups is 1. The van der Waals surface area contributed by atoms with E-state index in [1.807, 2.05) is 0 Å². The van der Waals surface area contributed by atoms with Gasteiger partial charge in [-0.2, -0.15) is 0 Å². The smallest absolute Gasteiger partial charge is 0.337 e. The van der Waals surface area contributed by atoms with Gasteiger partial charge in [0.2, 0.25) is 0 Å². The molecule has 5 nitrogen and oxygen atoms in total. The monoisotopic (exact) mass is 283 g/mol. The number of hydrogen-bond donors (Lipinski definition) is 1. The summed E-state index contributed by atoms with van der Waals surface area (Å²) in [7, 11) is -3.39. The summed E-state index contributed by atoms with van der Waals surface area (Å²) in [4.78, 5) is 14.5. The van der Waals surface area contributed by atoms with Gasteiger partial charge in [0, 0.05) is 6.20 Å². The van der Waals surface area contributed by atoms with E-state index in [0.717, 1.165) is 17.5 Å². The molecule has 2 heterocycles. The molecule has 2 aromatic rings. The fourth-order valence-corrected chi connectivity index (χ4v) is 3.71. The van der Waals surface area contributed by atoms with Gasteiger partial charge in [-0.15, -0.1) is 11.3 Å². The van der Waals surface area contributed by atoms with Crippen molar-refractivity contribution in [1.82, 2.24) is 4.98 Å². The molecule has 0 unspecified atom stereocenters. The summed E-state index contributed by atoms with van der Waals surface area (Å²) in [6, 6.07) is 5.95. The lowest BCUT2D eigenvalue weighted by Gasteiger charge is -2.01. The Hall–Kier alpha value is -1.73. The Morgan fingerprint density at radius 3 is 2.61 bits per heavy atom. The maximum absolute atomic E-state index is 11.9. The first-order chi connectivity index (χ1) is 8.49. The summed E-state index contributed by atoms with van der Waals surface area (Å²) in [6.45, 7) is 0. The normalized spacial score (nSPS) is 11.3. The fraction of sp³-hybridized carbons (Fsp3) is 0.0909. The second-order valence-corrected chi connectivity index (χ2v) is 6.70. The van der Waals surface area contributed by atoms with E-state index in [4.69, 9.17) is 5.11 Å². The summed E-state index contributed by atoms with van der Waals surface area (Å²) in [5.74, 6) is -1.32. The number of rotatable bonds is 4. The Kier molecular flexibility index (Phi) is 3.44. The van der Waals surface area contributed by atoms with E-state index in [0.29, 0.717) is 5.69 Å². The van der Waals surface area contributed by atoms with Crippen molar-refractivity contribution in [2.45, 2.75) is 9.96 Å². The van der Waals surface area contributed by atoms with Crippen LogP contribution in [0.25, 0.3) is 0 Å². The van der Waals surface area contributed by atoms with Crippen LogP contribution in [0.2, 0.25) is 0 Å². The number of aromatic carboxylic acids is 1. The molecule has 0 radical (unpaired) electrons. The Balaban J connectivity index is 2.22. The Morgan fingerprint density at radius 1 is 1.33 bits per heavy atom. The zero-order valence-electron chi connectivity index (χ0n) is 9.11. The predicted molar refractivity (Wildman–Crippen MR) is 66.4 cm³/mol. The highest BCUT2D eigenvalue weighted by Gasteiger charge is 2.17.